The average molecular weight is 218 g/mol. The Bertz CT molecular complexity index is 427. The largest absolute Gasteiger partial charge is 0.488 e. The SMILES string of the molecule is CC(C)(C)Oc1ccc(C#CC(=O)O)cc1. The Labute approximate surface area is 95.1 Å². The molecule has 0 fully saturated rings. The van der Waals surface area contributed by atoms with Crippen LogP contribution in [0.15, 0.2) is 24.3 Å². The van der Waals surface area contributed by atoms with Gasteiger partial charge >= 0.3 is 5.97 Å². The molecular formula is C13H14O3. The van der Waals surface area contributed by atoms with Crippen LogP contribution in [0.5, 0.6) is 5.75 Å². The minimum atomic E-state index is -1.13. The standard InChI is InChI=1S/C13H14O3/c1-13(2,3)16-11-7-4-10(5-8-11)6-9-12(14)15/h4-5,7-8H,1-3H3,(H,14,15). The van der Waals surface area contributed by atoms with E-state index < -0.39 is 5.97 Å². The van der Waals surface area contributed by atoms with E-state index in [1.807, 2.05) is 20.8 Å². The van der Waals surface area contributed by atoms with Gasteiger partial charge in [0.2, 0.25) is 0 Å². The van der Waals surface area contributed by atoms with Crippen LogP contribution in [-0.2, 0) is 4.79 Å². The summed E-state index contributed by atoms with van der Waals surface area (Å²) >= 11 is 0. The molecule has 84 valence electrons. The summed E-state index contributed by atoms with van der Waals surface area (Å²) < 4.78 is 5.62. The van der Waals surface area contributed by atoms with Crippen molar-refractivity contribution in [2.75, 3.05) is 0 Å². The van der Waals surface area contributed by atoms with E-state index in [9.17, 15) is 4.79 Å². The van der Waals surface area contributed by atoms with Crippen LogP contribution in [0.3, 0.4) is 0 Å². The average Bonchev–Trinajstić information content (AvgIpc) is 2.14. The Kier molecular flexibility index (Phi) is 3.57. The smallest absolute Gasteiger partial charge is 0.382 e. The Morgan fingerprint density at radius 2 is 1.81 bits per heavy atom. The van der Waals surface area contributed by atoms with Crippen molar-refractivity contribution in [2.45, 2.75) is 26.4 Å². The molecule has 3 heteroatoms. The van der Waals surface area contributed by atoms with Crippen LogP contribution in [0.2, 0.25) is 0 Å². The predicted molar refractivity (Wildman–Crippen MR) is 61.3 cm³/mol. The lowest BCUT2D eigenvalue weighted by Crippen LogP contribution is -2.22. The summed E-state index contributed by atoms with van der Waals surface area (Å²) in [5.41, 5.74) is 0.414. The van der Waals surface area contributed by atoms with E-state index >= 15 is 0 Å². The third-order valence-electron chi connectivity index (χ3n) is 1.59. The van der Waals surface area contributed by atoms with Gasteiger partial charge in [-0.05, 0) is 45.0 Å². The van der Waals surface area contributed by atoms with Crippen LogP contribution >= 0.6 is 0 Å². The highest BCUT2D eigenvalue weighted by molar-refractivity contribution is 5.87. The number of carbonyl (C=O) groups is 1. The van der Waals surface area contributed by atoms with Gasteiger partial charge in [0.1, 0.15) is 11.4 Å². The van der Waals surface area contributed by atoms with E-state index in [2.05, 4.69) is 11.8 Å². The van der Waals surface area contributed by atoms with E-state index in [0.717, 1.165) is 5.75 Å². The molecule has 0 aliphatic carbocycles. The van der Waals surface area contributed by atoms with Gasteiger partial charge in [0.15, 0.2) is 0 Å². The molecule has 0 aliphatic heterocycles. The third kappa shape index (κ3) is 4.52. The number of hydrogen-bond donors (Lipinski definition) is 1. The van der Waals surface area contributed by atoms with Crippen LogP contribution in [0, 0.1) is 11.8 Å². The minimum Gasteiger partial charge on any atom is -0.488 e. The van der Waals surface area contributed by atoms with Crippen molar-refractivity contribution in [3.63, 3.8) is 0 Å². The molecule has 0 atom stereocenters. The second-order valence-corrected chi connectivity index (χ2v) is 4.29. The lowest BCUT2D eigenvalue weighted by molar-refractivity contribution is -0.130. The van der Waals surface area contributed by atoms with E-state index in [-0.39, 0.29) is 5.60 Å². The fraction of sp³-hybridized carbons (Fsp3) is 0.308. The first kappa shape index (κ1) is 12.1. The summed E-state index contributed by atoms with van der Waals surface area (Å²) in [6.45, 7) is 5.89. The van der Waals surface area contributed by atoms with Crippen molar-refractivity contribution in [1.29, 1.82) is 0 Å². The monoisotopic (exact) mass is 218 g/mol. The van der Waals surface area contributed by atoms with Gasteiger partial charge in [0.25, 0.3) is 0 Å². The molecule has 0 spiro atoms. The fourth-order valence-electron chi connectivity index (χ4n) is 1.09. The van der Waals surface area contributed by atoms with Gasteiger partial charge in [0, 0.05) is 11.5 Å². The van der Waals surface area contributed by atoms with E-state index in [0.29, 0.717) is 5.56 Å². The quantitative estimate of drug-likeness (QED) is 0.736. The van der Waals surface area contributed by atoms with E-state index in [1.165, 1.54) is 0 Å². The minimum absolute atomic E-state index is 0.242. The zero-order valence-electron chi connectivity index (χ0n) is 9.57. The lowest BCUT2D eigenvalue weighted by Gasteiger charge is -2.21. The Morgan fingerprint density at radius 1 is 1.25 bits per heavy atom. The molecule has 0 aliphatic rings. The van der Waals surface area contributed by atoms with Crippen LogP contribution in [0.25, 0.3) is 0 Å². The molecule has 16 heavy (non-hydrogen) atoms. The first-order chi connectivity index (χ1) is 7.37. The van der Waals surface area contributed by atoms with Crippen molar-refractivity contribution in [2.24, 2.45) is 0 Å². The first-order valence-corrected chi connectivity index (χ1v) is 4.91. The van der Waals surface area contributed by atoms with E-state index in [1.54, 1.807) is 24.3 Å². The molecule has 0 aromatic heterocycles. The number of carboxylic acids is 1. The fourth-order valence-corrected chi connectivity index (χ4v) is 1.09. The summed E-state index contributed by atoms with van der Waals surface area (Å²) in [4.78, 5) is 10.2. The molecule has 1 rings (SSSR count). The first-order valence-electron chi connectivity index (χ1n) is 4.91. The molecule has 0 bridgehead atoms. The molecular weight excluding hydrogens is 204 g/mol. The molecule has 1 N–H and O–H groups in total. The third-order valence-corrected chi connectivity index (χ3v) is 1.59. The number of ether oxygens (including phenoxy) is 1. The maximum absolute atomic E-state index is 10.2. The number of hydrogen-bond acceptors (Lipinski definition) is 2. The summed E-state index contributed by atoms with van der Waals surface area (Å²) in [7, 11) is 0. The molecule has 0 saturated heterocycles. The van der Waals surface area contributed by atoms with Gasteiger partial charge in [-0.15, -0.1) is 0 Å². The number of rotatable bonds is 1. The number of aliphatic carboxylic acids is 1. The van der Waals surface area contributed by atoms with Crippen molar-refractivity contribution < 1.29 is 14.6 Å². The normalized spacial score (nSPS) is 10.2. The summed E-state index contributed by atoms with van der Waals surface area (Å²) in [5.74, 6) is 4.20. The highest BCUT2D eigenvalue weighted by Crippen LogP contribution is 2.17. The van der Waals surface area contributed by atoms with Gasteiger partial charge in [-0.1, -0.05) is 5.92 Å². The molecule has 1 aromatic carbocycles. The van der Waals surface area contributed by atoms with Crippen molar-refractivity contribution in [1.82, 2.24) is 0 Å². The summed E-state index contributed by atoms with van der Waals surface area (Å²) in [6.07, 6.45) is 0. The van der Waals surface area contributed by atoms with Gasteiger partial charge in [-0.2, -0.15) is 0 Å². The summed E-state index contributed by atoms with van der Waals surface area (Å²) in [5, 5.41) is 8.38. The molecule has 1 aromatic rings. The lowest BCUT2D eigenvalue weighted by atomic mass is 10.2. The maximum Gasteiger partial charge on any atom is 0.382 e. The molecule has 3 nitrogen and oxygen atoms in total. The predicted octanol–water partition coefficient (Wildman–Crippen LogP) is 2.30. The number of benzene rings is 1. The Hall–Kier alpha value is -1.95. The topological polar surface area (TPSA) is 46.5 Å². The van der Waals surface area contributed by atoms with Crippen molar-refractivity contribution in [3.8, 4) is 17.6 Å². The zero-order valence-corrected chi connectivity index (χ0v) is 9.57. The Morgan fingerprint density at radius 3 is 2.25 bits per heavy atom. The second-order valence-electron chi connectivity index (χ2n) is 4.29. The maximum atomic E-state index is 10.2. The highest BCUT2D eigenvalue weighted by Gasteiger charge is 2.10. The van der Waals surface area contributed by atoms with Crippen molar-refractivity contribution in [3.05, 3.63) is 29.8 Å². The zero-order chi connectivity index (χ0) is 12.2. The van der Waals surface area contributed by atoms with Gasteiger partial charge in [-0.3, -0.25) is 0 Å². The summed E-state index contributed by atoms with van der Waals surface area (Å²) in [6, 6.07) is 7.02. The molecule has 0 radical (unpaired) electrons. The Balaban J connectivity index is 2.77. The molecule has 0 heterocycles. The van der Waals surface area contributed by atoms with E-state index in [4.69, 9.17) is 9.84 Å². The van der Waals surface area contributed by atoms with Gasteiger partial charge in [0.05, 0.1) is 0 Å². The number of carboxylic acid groups (broad SMARTS) is 1. The second kappa shape index (κ2) is 4.71. The van der Waals surface area contributed by atoms with Gasteiger partial charge < -0.3 is 9.84 Å². The van der Waals surface area contributed by atoms with Crippen molar-refractivity contribution >= 4 is 5.97 Å². The molecule has 0 unspecified atom stereocenters. The van der Waals surface area contributed by atoms with Crippen LogP contribution in [0.4, 0.5) is 0 Å². The van der Waals surface area contributed by atoms with Crippen LogP contribution in [-0.4, -0.2) is 16.7 Å². The molecule has 0 saturated carbocycles. The van der Waals surface area contributed by atoms with Gasteiger partial charge in [-0.25, -0.2) is 4.79 Å². The van der Waals surface area contributed by atoms with Crippen LogP contribution < -0.4 is 4.74 Å². The van der Waals surface area contributed by atoms with Crippen LogP contribution in [0.1, 0.15) is 26.3 Å². The molecule has 0 amide bonds. The highest BCUT2D eigenvalue weighted by atomic mass is 16.5.